The molecule has 1 heterocycles. The minimum Gasteiger partial charge on any atom is -0.447 e. The number of unbranched alkanes of at least 4 members (excludes halogenated alkanes) is 11. The van der Waals surface area contributed by atoms with Crippen molar-refractivity contribution in [1.82, 2.24) is 4.90 Å². The van der Waals surface area contributed by atoms with Gasteiger partial charge >= 0.3 is 6.09 Å². The zero-order valence-electron chi connectivity index (χ0n) is 20.7. The number of allylic oxidation sites excluding steroid dienone is 1. The number of nitrogens with zero attached hydrogens (tertiary/aromatic N) is 1. The van der Waals surface area contributed by atoms with Crippen LogP contribution < -0.4 is 0 Å². The number of rotatable bonds is 17. The van der Waals surface area contributed by atoms with Crippen LogP contribution >= 0.6 is 15.9 Å². The van der Waals surface area contributed by atoms with Crippen molar-refractivity contribution in [2.75, 3.05) is 6.61 Å². The molecule has 5 nitrogen and oxygen atoms in total. The summed E-state index contributed by atoms with van der Waals surface area (Å²) in [7, 11) is 0. The van der Waals surface area contributed by atoms with Crippen LogP contribution in [-0.2, 0) is 16.0 Å². The molecule has 1 saturated heterocycles. The van der Waals surface area contributed by atoms with Gasteiger partial charge in [0, 0.05) is 0 Å². The van der Waals surface area contributed by atoms with E-state index in [2.05, 4.69) is 22.9 Å². The van der Waals surface area contributed by atoms with Crippen molar-refractivity contribution in [3.8, 4) is 0 Å². The molecule has 0 bridgehead atoms. The third-order valence-electron chi connectivity index (χ3n) is 6.36. The molecule has 0 radical (unpaired) electrons. The molecule has 1 aromatic carbocycles. The van der Waals surface area contributed by atoms with Gasteiger partial charge in [0.25, 0.3) is 0 Å². The molecule has 1 N–H and O–H groups in total. The van der Waals surface area contributed by atoms with Gasteiger partial charge in [0.1, 0.15) is 11.4 Å². The number of imide groups is 1. The maximum absolute atomic E-state index is 12.9. The van der Waals surface area contributed by atoms with Crippen molar-refractivity contribution in [3.05, 3.63) is 48.0 Å². The molecule has 1 fully saturated rings. The van der Waals surface area contributed by atoms with Crippen molar-refractivity contribution in [2.45, 2.75) is 107 Å². The Kier molecular flexibility index (Phi) is 14.2. The Labute approximate surface area is 214 Å². The van der Waals surface area contributed by atoms with Crippen LogP contribution in [0.5, 0.6) is 0 Å². The van der Waals surface area contributed by atoms with Gasteiger partial charge in [0.05, 0.1) is 12.1 Å². The number of aliphatic hydroxyl groups is 1. The molecule has 2 unspecified atom stereocenters. The van der Waals surface area contributed by atoms with Gasteiger partial charge < -0.3 is 9.84 Å². The third kappa shape index (κ3) is 10.3. The number of ether oxygens (including phenoxy) is 1. The van der Waals surface area contributed by atoms with E-state index in [4.69, 9.17) is 4.74 Å². The molecule has 0 aromatic heterocycles. The van der Waals surface area contributed by atoms with Crippen LogP contribution in [0, 0.1) is 0 Å². The average molecular weight is 537 g/mol. The van der Waals surface area contributed by atoms with E-state index in [9.17, 15) is 14.7 Å². The van der Waals surface area contributed by atoms with Gasteiger partial charge in [-0.15, -0.1) is 0 Å². The molecule has 190 valence electrons. The zero-order valence-corrected chi connectivity index (χ0v) is 22.3. The van der Waals surface area contributed by atoms with Crippen molar-refractivity contribution < 1.29 is 19.4 Å². The Bertz CT molecular complexity index is 739. The Morgan fingerprint density at radius 3 is 2.26 bits per heavy atom. The van der Waals surface area contributed by atoms with Crippen LogP contribution in [0.15, 0.2) is 42.5 Å². The number of carbonyl (C=O) groups excluding carboxylic acids is 2. The average Bonchev–Trinajstić information content (AvgIpc) is 3.21. The summed E-state index contributed by atoms with van der Waals surface area (Å²) in [6.45, 7) is 2.42. The topological polar surface area (TPSA) is 66.8 Å². The molecule has 1 aliphatic heterocycles. The fourth-order valence-electron chi connectivity index (χ4n) is 4.31. The van der Waals surface area contributed by atoms with Crippen molar-refractivity contribution in [3.63, 3.8) is 0 Å². The molecular weight excluding hydrogens is 494 g/mol. The van der Waals surface area contributed by atoms with Gasteiger partial charge in [-0.1, -0.05) is 130 Å². The van der Waals surface area contributed by atoms with Gasteiger partial charge in [-0.3, -0.25) is 4.79 Å². The Morgan fingerprint density at radius 1 is 1.06 bits per heavy atom. The second kappa shape index (κ2) is 16.9. The highest BCUT2D eigenvalue weighted by molar-refractivity contribution is 9.10. The number of hydrogen-bond acceptors (Lipinski definition) is 4. The van der Waals surface area contributed by atoms with Gasteiger partial charge in [-0.2, -0.15) is 0 Å². The highest BCUT2D eigenvalue weighted by Gasteiger charge is 2.41. The van der Waals surface area contributed by atoms with Crippen LogP contribution in [0.2, 0.25) is 0 Å². The number of halogens is 1. The number of benzene rings is 1. The molecule has 3 atom stereocenters. The van der Waals surface area contributed by atoms with Crippen LogP contribution in [0.4, 0.5) is 4.79 Å². The van der Waals surface area contributed by atoms with E-state index in [0.29, 0.717) is 6.42 Å². The number of amides is 2. The second-order valence-electron chi connectivity index (χ2n) is 9.27. The molecule has 0 saturated carbocycles. The Hall–Kier alpha value is -1.66. The summed E-state index contributed by atoms with van der Waals surface area (Å²) in [5, 5.41) is 10.5. The first kappa shape index (κ1) is 28.6. The quantitative estimate of drug-likeness (QED) is 0.133. The summed E-state index contributed by atoms with van der Waals surface area (Å²) in [5.74, 6) is -0.463. The van der Waals surface area contributed by atoms with E-state index in [1.54, 1.807) is 6.08 Å². The number of hydrogen-bond donors (Lipinski definition) is 1. The summed E-state index contributed by atoms with van der Waals surface area (Å²) in [6.07, 6.45) is 17.7. The number of carbonyl (C=O) groups is 2. The molecule has 0 spiro atoms. The highest BCUT2D eigenvalue weighted by atomic mass is 79.9. The Balaban J connectivity index is 1.63. The first-order chi connectivity index (χ1) is 16.5. The van der Waals surface area contributed by atoms with Crippen LogP contribution in [0.3, 0.4) is 0 Å². The lowest BCUT2D eigenvalue weighted by atomic mass is 10.0. The van der Waals surface area contributed by atoms with E-state index in [1.165, 1.54) is 64.2 Å². The van der Waals surface area contributed by atoms with Crippen molar-refractivity contribution in [2.24, 2.45) is 0 Å². The summed E-state index contributed by atoms with van der Waals surface area (Å²) in [6, 6.07) is 9.34. The van der Waals surface area contributed by atoms with E-state index in [1.807, 2.05) is 36.4 Å². The standard InChI is InChI=1S/C28H42BrNO4/c1-2-3-4-5-6-7-8-9-10-11-12-13-17-20-25(31)26(29)27(32)30-24(22-34-28(30)33)21-23-18-15-14-16-19-23/h14-20,24-26,31H,2-13,21-22H2,1H3/b20-17+/t24?,25?,26-/m0/s1. The van der Waals surface area contributed by atoms with Crippen LogP contribution in [0.25, 0.3) is 0 Å². The lowest BCUT2D eigenvalue weighted by molar-refractivity contribution is -0.129. The van der Waals surface area contributed by atoms with E-state index in [0.717, 1.165) is 23.3 Å². The minimum atomic E-state index is -0.994. The second-order valence-corrected chi connectivity index (χ2v) is 10.3. The van der Waals surface area contributed by atoms with Crippen LogP contribution in [0.1, 0.15) is 89.5 Å². The first-order valence-corrected chi connectivity index (χ1v) is 14.0. The maximum atomic E-state index is 12.9. The van der Waals surface area contributed by atoms with Gasteiger partial charge in [0.2, 0.25) is 5.91 Å². The summed E-state index contributed by atoms with van der Waals surface area (Å²) < 4.78 is 5.13. The molecule has 0 aliphatic carbocycles. The SMILES string of the molecule is CCCCCCCCCCCCC/C=C/C(O)[C@H](Br)C(=O)N1C(=O)OCC1Cc1ccccc1. The van der Waals surface area contributed by atoms with Crippen molar-refractivity contribution >= 4 is 27.9 Å². The van der Waals surface area contributed by atoms with E-state index in [-0.39, 0.29) is 12.6 Å². The fourth-order valence-corrected chi connectivity index (χ4v) is 4.70. The Morgan fingerprint density at radius 2 is 1.65 bits per heavy atom. The predicted molar refractivity (Wildman–Crippen MR) is 141 cm³/mol. The largest absolute Gasteiger partial charge is 0.447 e. The van der Waals surface area contributed by atoms with Gasteiger partial charge in [-0.05, 0) is 24.8 Å². The lowest BCUT2D eigenvalue weighted by Crippen LogP contribution is -2.46. The zero-order chi connectivity index (χ0) is 24.6. The molecule has 1 aliphatic rings. The lowest BCUT2D eigenvalue weighted by Gasteiger charge is -2.23. The van der Waals surface area contributed by atoms with E-state index >= 15 is 0 Å². The number of alkyl halides is 1. The smallest absolute Gasteiger partial charge is 0.417 e. The molecule has 6 heteroatoms. The van der Waals surface area contributed by atoms with Crippen LogP contribution in [-0.4, -0.2) is 45.6 Å². The summed E-state index contributed by atoms with van der Waals surface area (Å²) in [5.41, 5.74) is 1.03. The molecular formula is C28H42BrNO4. The number of cyclic esters (lactones) is 1. The molecule has 2 amide bonds. The normalized spacial score (nSPS) is 17.8. The predicted octanol–water partition coefficient (Wildman–Crippen LogP) is 6.96. The third-order valence-corrected chi connectivity index (χ3v) is 7.29. The maximum Gasteiger partial charge on any atom is 0.417 e. The van der Waals surface area contributed by atoms with Gasteiger partial charge in [-0.25, -0.2) is 9.69 Å². The minimum absolute atomic E-state index is 0.171. The van der Waals surface area contributed by atoms with Gasteiger partial charge in [0.15, 0.2) is 0 Å². The fraction of sp³-hybridized carbons (Fsp3) is 0.643. The molecule has 1 aromatic rings. The monoisotopic (exact) mass is 535 g/mol. The van der Waals surface area contributed by atoms with Crippen molar-refractivity contribution in [1.29, 1.82) is 0 Å². The highest BCUT2D eigenvalue weighted by Crippen LogP contribution is 2.22. The number of aliphatic hydroxyl groups excluding tert-OH is 1. The molecule has 34 heavy (non-hydrogen) atoms. The summed E-state index contributed by atoms with van der Waals surface area (Å²) >= 11 is 3.30. The van der Waals surface area contributed by atoms with E-state index < -0.39 is 22.9 Å². The molecule has 2 rings (SSSR count). The first-order valence-electron chi connectivity index (χ1n) is 13.1. The summed E-state index contributed by atoms with van der Waals surface area (Å²) in [4.78, 5) is 25.4.